The van der Waals surface area contributed by atoms with Crippen molar-refractivity contribution >= 4 is 29.5 Å². The second-order valence-electron chi connectivity index (χ2n) is 6.34. The fraction of sp³-hybridized carbons (Fsp3) is 0.350. The van der Waals surface area contributed by atoms with Crippen LogP contribution < -0.4 is 10.1 Å². The first-order chi connectivity index (χ1) is 14.0. The molecule has 0 aliphatic carbocycles. The summed E-state index contributed by atoms with van der Waals surface area (Å²) in [5.41, 5.74) is 0.811. The summed E-state index contributed by atoms with van der Waals surface area (Å²) in [5.74, 6) is 0.302. The highest BCUT2D eigenvalue weighted by atomic mass is 32.2. The van der Waals surface area contributed by atoms with Gasteiger partial charge in [0, 0.05) is 24.8 Å². The van der Waals surface area contributed by atoms with E-state index in [1.165, 1.54) is 29.8 Å². The number of hydrogen-bond donors (Lipinski definition) is 1. The number of para-hydroxylation sites is 1. The molecule has 2 aromatic rings. The van der Waals surface area contributed by atoms with Gasteiger partial charge in [0.1, 0.15) is 22.9 Å². The number of esters is 1. The highest BCUT2D eigenvalue weighted by Crippen LogP contribution is 2.41. The van der Waals surface area contributed by atoms with Crippen molar-refractivity contribution in [1.82, 2.24) is 10.2 Å². The topological polar surface area (TPSA) is 98.1 Å². The Balaban J connectivity index is 1.53. The standard InChI is InChI=1S/C20H22N2O6S/c1-13(23)22-15(12-29-19(22)17-8-5-9-27-17)20(25)28-11-18(24)21-10-14-6-3-4-7-16(14)26-2/h3-9,15,19H,10-12H2,1-2H3,(H,21,24)/t15-,19+/m1/s1. The van der Waals surface area contributed by atoms with E-state index in [1.807, 2.05) is 18.2 Å². The molecule has 0 spiro atoms. The maximum absolute atomic E-state index is 12.5. The van der Waals surface area contributed by atoms with Crippen molar-refractivity contribution in [3.63, 3.8) is 0 Å². The third-order valence-electron chi connectivity index (χ3n) is 4.44. The lowest BCUT2D eigenvalue weighted by atomic mass is 10.2. The molecular formula is C20H22N2O6S. The summed E-state index contributed by atoms with van der Waals surface area (Å²) in [6, 6.07) is 10.0. The summed E-state index contributed by atoms with van der Waals surface area (Å²) in [5, 5.41) is 2.30. The molecule has 3 rings (SSSR count). The average molecular weight is 418 g/mol. The first-order valence-corrected chi connectivity index (χ1v) is 10.0. The van der Waals surface area contributed by atoms with Crippen molar-refractivity contribution in [1.29, 1.82) is 0 Å². The van der Waals surface area contributed by atoms with Gasteiger partial charge in [0.15, 0.2) is 6.61 Å². The number of methoxy groups -OCH3 is 1. The molecule has 1 aromatic carbocycles. The van der Waals surface area contributed by atoms with Gasteiger partial charge in [-0.25, -0.2) is 4.79 Å². The van der Waals surface area contributed by atoms with Crippen molar-refractivity contribution in [2.45, 2.75) is 24.9 Å². The normalized spacial score (nSPS) is 18.3. The van der Waals surface area contributed by atoms with Crippen LogP contribution in [0.15, 0.2) is 47.1 Å². The Labute approximate surface area is 172 Å². The number of nitrogens with one attached hydrogen (secondary N) is 1. The number of amides is 2. The Morgan fingerprint density at radius 2 is 2.03 bits per heavy atom. The van der Waals surface area contributed by atoms with Crippen LogP contribution in [0.1, 0.15) is 23.6 Å². The van der Waals surface area contributed by atoms with Gasteiger partial charge in [0.25, 0.3) is 5.91 Å². The molecule has 0 saturated carbocycles. The molecular weight excluding hydrogens is 396 g/mol. The highest BCUT2D eigenvalue weighted by Gasteiger charge is 2.43. The molecule has 1 saturated heterocycles. The number of ether oxygens (including phenoxy) is 2. The second-order valence-corrected chi connectivity index (χ2v) is 7.45. The van der Waals surface area contributed by atoms with Crippen LogP contribution in [-0.2, 0) is 25.7 Å². The van der Waals surface area contributed by atoms with Gasteiger partial charge >= 0.3 is 5.97 Å². The maximum Gasteiger partial charge on any atom is 0.330 e. The predicted octanol–water partition coefficient (Wildman–Crippen LogP) is 2.11. The van der Waals surface area contributed by atoms with E-state index >= 15 is 0 Å². The van der Waals surface area contributed by atoms with Crippen LogP contribution in [0.5, 0.6) is 5.75 Å². The Hall–Kier alpha value is -2.94. The lowest BCUT2D eigenvalue weighted by molar-refractivity contribution is -0.156. The SMILES string of the molecule is COc1ccccc1CNC(=O)COC(=O)[C@H]1CS[C@@H](c2ccco2)N1C(C)=O. The summed E-state index contributed by atoms with van der Waals surface area (Å²) in [4.78, 5) is 38.1. The molecule has 2 amide bonds. The van der Waals surface area contributed by atoms with Crippen molar-refractivity contribution < 1.29 is 28.3 Å². The third-order valence-corrected chi connectivity index (χ3v) is 5.72. The molecule has 0 unspecified atom stereocenters. The molecule has 1 aliphatic rings. The van der Waals surface area contributed by atoms with Crippen LogP contribution in [0.25, 0.3) is 0 Å². The van der Waals surface area contributed by atoms with Crippen molar-refractivity contribution in [3.8, 4) is 5.75 Å². The number of nitrogens with zero attached hydrogens (tertiary/aromatic N) is 1. The Kier molecular flexibility index (Phi) is 6.82. The third kappa shape index (κ3) is 4.92. The number of furan rings is 1. The zero-order valence-electron chi connectivity index (χ0n) is 16.1. The summed E-state index contributed by atoms with van der Waals surface area (Å²) in [7, 11) is 1.55. The first kappa shape index (κ1) is 20.8. The van der Waals surface area contributed by atoms with Gasteiger partial charge in [-0.05, 0) is 18.2 Å². The van der Waals surface area contributed by atoms with E-state index in [9.17, 15) is 14.4 Å². The lowest BCUT2D eigenvalue weighted by Gasteiger charge is -2.25. The van der Waals surface area contributed by atoms with Gasteiger partial charge in [-0.15, -0.1) is 11.8 Å². The molecule has 8 nitrogen and oxygen atoms in total. The van der Waals surface area contributed by atoms with Crippen LogP contribution in [0.2, 0.25) is 0 Å². The van der Waals surface area contributed by atoms with E-state index in [2.05, 4.69) is 5.32 Å². The summed E-state index contributed by atoms with van der Waals surface area (Å²) in [6.45, 7) is 1.22. The van der Waals surface area contributed by atoms with E-state index < -0.39 is 24.5 Å². The van der Waals surface area contributed by atoms with Crippen LogP contribution in [0.3, 0.4) is 0 Å². The van der Waals surface area contributed by atoms with Gasteiger partial charge in [0.05, 0.1) is 13.4 Å². The van der Waals surface area contributed by atoms with E-state index in [0.717, 1.165) is 5.56 Å². The predicted molar refractivity (Wildman–Crippen MR) is 106 cm³/mol. The van der Waals surface area contributed by atoms with Gasteiger partial charge in [-0.2, -0.15) is 0 Å². The molecule has 154 valence electrons. The van der Waals surface area contributed by atoms with Crippen LogP contribution >= 0.6 is 11.8 Å². The number of thioether (sulfide) groups is 1. The molecule has 0 radical (unpaired) electrons. The van der Waals surface area contributed by atoms with Gasteiger partial charge in [-0.3, -0.25) is 9.59 Å². The number of benzene rings is 1. The zero-order chi connectivity index (χ0) is 20.8. The minimum absolute atomic E-state index is 0.250. The van der Waals surface area contributed by atoms with Crippen LogP contribution in [0.4, 0.5) is 0 Å². The van der Waals surface area contributed by atoms with Gasteiger partial charge < -0.3 is 24.1 Å². The highest BCUT2D eigenvalue weighted by molar-refractivity contribution is 7.99. The molecule has 2 atom stereocenters. The average Bonchev–Trinajstić information content (AvgIpc) is 3.40. The maximum atomic E-state index is 12.5. The summed E-state index contributed by atoms with van der Waals surface area (Å²) < 4.78 is 15.8. The van der Waals surface area contributed by atoms with Gasteiger partial charge in [-0.1, -0.05) is 18.2 Å². The van der Waals surface area contributed by atoms with E-state index in [0.29, 0.717) is 17.3 Å². The minimum Gasteiger partial charge on any atom is -0.496 e. The van der Waals surface area contributed by atoms with Crippen LogP contribution in [-0.4, -0.2) is 48.2 Å². The fourth-order valence-corrected chi connectivity index (χ4v) is 4.47. The summed E-state index contributed by atoms with van der Waals surface area (Å²) in [6.07, 6.45) is 1.52. The number of carbonyl (C=O) groups is 3. The largest absolute Gasteiger partial charge is 0.496 e. The fourth-order valence-electron chi connectivity index (χ4n) is 3.05. The van der Waals surface area contributed by atoms with Crippen molar-refractivity contribution in [3.05, 3.63) is 54.0 Å². The van der Waals surface area contributed by atoms with Crippen LogP contribution in [0, 0.1) is 0 Å². The zero-order valence-corrected chi connectivity index (χ0v) is 16.9. The monoisotopic (exact) mass is 418 g/mol. The Morgan fingerprint density at radius 1 is 1.24 bits per heavy atom. The molecule has 29 heavy (non-hydrogen) atoms. The molecule has 1 N–H and O–H groups in total. The van der Waals surface area contributed by atoms with E-state index in [1.54, 1.807) is 25.3 Å². The van der Waals surface area contributed by atoms with Gasteiger partial charge in [0.2, 0.25) is 5.91 Å². The quantitative estimate of drug-likeness (QED) is 0.688. The molecule has 9 heteroatoms. The number of hydrogen-bond acceptors (Lipinski definition) is 7. The minimum atomic E-state index is -0.769. The molecule has 1 aliphatic heterocycles. The molecule has 2 heterocycles. The first-order valence-electron chi connectivity index (χ1n) is 9.00. The Morgan fingerprint density at radius 3 is 2.72 bits per heavy atom. The molecule has 0 bridgehead atoms. The number of rotatable bonds is 7. The molecule has 1 aromatic heterocycles. The van der Waals surface area contributed by atoms with Crippen molar-refractivity contribution in [2.75, 3.05) is 19.5 Å². The Bertz CT molecular complexity index is 870. The molecule has 1 fully saturated rings. The van der Waals surface area contributed by atoms with E-state index in [-0.39, 0.29) is 17.8 Å². The summed E-state index contributed by atoms with van der Waals surface area (Å²) >= 11 is 1.41. The van der Waals surface area contributed by atoms with E-state index in [4.69, 9.17) is 13.9 Å². The smallest absolute Gasteiger partial charge is 0.330 e. The van der Waals surface area contributed by atoms with Crippen molar-refractivity contribution in [2.24, 2.45) is 0 Å². The number of carbonyl (C=O) groups excluding carboxylic acids is 3. The lowest BCUT2D eigenvalue weighted by Crippen LogP contribution is -2.43. The second kappa shape index (κ2) is 9.51.